The molecule has 0 saturated carbocycles. The molecule has 0 amide bonds. The first-order valence-electron chi connectivity index (χ1n) is 5.66. The van der Waals surface area contributed by atoms with E-state index in [2.05, 4.69) is 0 Å². The lowest BCUT2D eigenvalue weighted by molar-refractivity contribution is -0.131. The maximum atomic E-state index is 10.8. The van der Waals surface area contributed by atoms with Crippen LogP contribution in [0, 0.1) is 5.92 Å². The van der Waals surface area contributed by atoms with E-state index in [9.17, 15) is 4.79 Å². The van der Waals surface area contributed by atoms with Crippen molar-refractivity contribution in [2.75, 3.05) is 14.2 Å². The first-order valence-corrected chi connectivity index (χ1v) is 5.66. The maximum absolute atomic E-state index is 10.8. The molecule has 0 spiro atoms. The average Bonchev–Trinajstić information content (AvgIpc) is 2.34. The predicted molar refractivity (Wildman–Crippen MR) is 70.0 cm³/mol. The number of allylic oxidation sites excluding steroid dienone is 1. The van der Waals surface area contributed by atoms with Gasteiger partial charge in [-0.15, -0.1) is 0 Å². The molecule has 0 aliphatic rings. The summed E-state index contributed by atoms with van der Waals surface area (Å²) in [4.78, 5) is 10.8. The summed E-state index contributed by atoms with van der Waals surface area (Å²) in [6.07, 6.45) is 1.23. The van der Waals surface area contributed by atoms with Gasteiger partial charge in [-0.05, 0) is 29.2 Å². The van der Waals surface area contributed by atoms with Crippen molar-refractivity contribution >= 4 is 11.5 Å². The van der Waals surface area contributed by atoms with Gasteiger partial charge < -0.3 is 14.6 Å². The Bertz CT molecular complexity index is 461. The molecular weight excluding hydrogens is 232 g/mol. The van der Waals surface area contributed by atoms with Gasteiger partial charge in [0, 0.05) is 6.08 Å². The molecule has 1 N–H and O–H groups in total. The van der Waals surface area contributed by atoms with Crippen LogP contribution < -0.4 is 9.47 Å². The Hall–Kier alpha value is -1.97. The summed E-state index contributed by atoms with van der Waals surface area (Å²) in [7, 11) is 3.12. The zero-order valence-corrected chi connectivity index (χ0v) is 11.1. The maximum Gasteiger partial charge on any atom is 0.328 e. The summed E-state index contributed by atoms with van der Waals surface area (Å²) in [6, 6.07) is 5.38. The van der Waals surface area contributed by atoms with Crippen molar-refractivity contribution in [3.63, 3.8) is 0 Å². The summed E-state index contributed by atoms with van der Waals surface area (Å²) >= 11 is 0. The number of benzene rings is 1. The molecule has 4 nitrogen and oxygen atoms in total. The summed E-state index contributed by atoms with van der Waals surface area (Å²) < 4.78 is 10.4. The minimum atomic E-state index is -0.950. The number of carboxylic acids is 1. The lowest BCUT2D eigenvalue weighted by Gasteiger charge is -2.14. The quantitative estimate of drug-likeness (QED) is 0.816. The number of ether oxygens (including phenoxy) is 2. The molecule has 0 aromatic heterocycles. The SMILES string of the molecule is COc1ccc(/C(=C/C(=O)O)C(C)C)cc1OC. The van der Waals surface area contributed by atoms with Gasteiger partial charge in [0.15, 0.2) is 11.5 Å². The molecule has 0 atom stereocenters. The lowest BCUT2D eigenvalue weighted by atomic mass is 9.94. The van der Waals surface area contributed by atoms with Gasteiger partial charge in [-0.1, -0.05) is 19.9 Å². The second-order valence-electron chi connectivity index (χ2n) is 4.16. The van der Waals surface area contributed by atoms with Crippen molar-refractivity contribution in [2.24, 2.45) is 5.92 Å². The fourth-order valence-electron chi connectivity index (χ4n) is 1.73. The third-order valence-electron chi connectivity index (χ3n) is 2.62. The van der Waals surface area contributed by atoms with E-state index in [1.54, 1.807) is 26.4 Å². The predicted octanol–water partition coefficient (Wildman–Crippen LogP) is 2.83. The topological polar surface area (TPSA) is 55.8 Å². The van der Waals surface area contributed by atoms with Crippen LogP contribution in [-0.2, 0) is 4.79 Å². The molecule has 0 saturated heterocycles. The Morgan fingerprint density at radius 3 is 2.28 bits per heavy atom. The Kier molecular flexibility index (Phi) is 4.77. The third kappa shape index (κ3) is 3.26. The standard InChI is InChI=1S/C14H18O4/c1-9(2)11(8-14(15)16)10-5-6-12(17-3)13(7-10)18-4/h5-9H,1-4H3,(H,15,16)/b11-8+. The van der Waals surface area contributed by atoms with Crippen LogP contribution in [-0.4, -0.2) is 25.3 Å². The monoisotopic (exact) mass is 250 g/mol. The van der Waals surface area contributed by atoms with E-state index in [4.69, 9.17) is 14.6 Å². The number of carboxylic acid groups (broad SMARTS) is 1. The molecule has 0 aliphatic heterocycles. The van der Waals surface area contributed by atoms with E-state index in [-0.39, 0.29) is 5.92 Å². The van der Waals surface area contributed by atoms with Crippen molar-refractivity contribution < 1.29 is 19.4 Å². The van der Waals surface area contributed by atoms with Gasteiger partial charge in [-0.25, -0.2) is 4.79 Å². The Balaban J connectivity index is 3.26. The van der Waals surface area contributed by atoms with E-state index in [0.29, 0.717) is 11.5 Å². The van der Waals surface area contributed by atoms with Gasteiger partial charge in [0.1, 0.15) is 0 Å². The molecule has 0 unspecified atom stereocenters. The molecule has 0 radical (unpaired) electrons. The highest BCUT2D eigenvalue weighted by Crippen LogP contribution is 2.32. The number of aliphatic carboxylic acids is 1. The molecule has 0 fully saturated rings. The number of rotatable bonds is 5. The second-order valence-corrected chi connectivity index (χ2v) is 4.16. The molecule has 4 heteroatoms. The highest BCUT2D eigenvalue weighted by molar-refractivity contribution is 5.90. The van der Waals surface area contributed by atoms with Gasteiger partial charge in [-0.2, -0.15) is 0 Å². The average molecular weight is 250 g/mol. The van der Waals surface area contributed by atoms with Crippen molar-refractivity contribution in [3.05, 3.63) is 29.8 Å². The van der Waals surface area contributed by atoms with E-state index in [1.807, 2.05) is 19.9 Å². The van der Waals surface area contributed by atoms with Gasteiger partial charge >= 0.3 is 5.97 Å². The number of carbonyl (C=O) groups is 1. The summed E-state index contributed by atoms with van der Waals surface area (Å²) in [5, 5.41) is 8.89. The van der Waals surface area contributed by atoms with Gasteiger partial charge in [0.25, 0.3) is 0 Å². The molecule has 1 aromatic carbocycles. The smallest absolute Gasteiger partial charge is 0.328 e. The third-order valence-corrected chi connectivity index (χ3v) is 2.62. The normalized spacial score (nSPS) is 11.5. The van der Waals surface area contributed by atoms with E-state index in [1.165, 1.54) is 6.08 Å². The number of hydrogen-bond donors (Lipinski definition) is 1. The fraction of sp³-hybridized carbons (Fsp3) is 0.357. The molecule has 0 bridgehead atoms. The molecule has 1 aromatic rings. The summed E-state index contributed by atoms with van der Waals surface area (Å²) in [5.74, 6) is 0.374. The van der Waals surface area contributed by atoms with Crippen LogP contribution in [0.25, 0.3) is 5.57 Å². The van der Waals surface area contributed by atoms with Crippen LogP contribution in [0.15, 0.2) is 24.3 Å². The van der Waals surface area contributed by atoms with Crippen LogP contribution in [0.5, 0.6) is 11.5 Å². The van der Waals surface area contributed by atoms with E-state index < -0.39 is 5.97 Å². The molecule has 0 heterocycles. The zero-order chi connectivity index (χ0) is 13.7. The van der Waals surface area contributed by atoms with Crippen LogP contribution in [0.1, 0.15) is 19.4 Å². The molecule has 0 aliphatic carbocycles. The Morgan fingerprint density at radius 2 is 1.83 bits per heavy atom. The van der Waals surface area contributed by atoms with Crippen LogP contribution in [0.2, 0.25) is 0 Å². The molecule has 18 heavy (non-hydrogen) atoms. The minimum absolute atomic E-state index is 0.110. The van der Waals surface area contributed by atoms with E-state index >= 15 is 0 Å². The highest BCUT2D eigenvalue weighted by Gasteiger charge is 2.12. The van der Waals surface area contributed by atoms with Crippen LogP contribution in [0.3, 0.4) is 0 Å². The first-order chi connectivity index (χ1) is 8.49. The van der Waals surface area contributed by atoms with Crippen LogP contribution >= 0.6 is 0 Å². The summed E-state index contributed by atoms with van der Waals surface area (Å²) in [5.41, 5.74) is 1.58. The second kappa shape index (κ2) is 6.10. The Labute approximate surface area is 107 Å². The first kappa shape index (κ1) is 14.1. The highest BCUT2D eigenvalue weighted by atomic mass is 16.5. The Morgan fingerprint density at radius 1 is 1.22 bits per heavy atom. The van der Waals surface area contributed by atoms with E-state index in [0.717, 1.165) is 11.1 Å². The number of methoxy groups -OCH3 is 2. The zero-order valence-electron chi connectivity index (χ0n) is 11.1. The largest absolute Gasteiger partial charge is 0.493 e. The lowest BCUT2D eigenvalue weighted by Crippen LogP contribution is -2.00. The molecule has 98 valence electrons. The van der Waals surface area contributed by atoms with Gasteiger partial charge in [0.05, 0.1) is 14.2 Å². The van der Waals surface area contributed by atoms with Crippen molar-refractivity contribution in [2.45, 2.75) is 13.8 Å². The molecule has 1 rings (SSSR count). The van der Waals surface area contributed by atoms with Gasteiger partial charge in [-0.3, -0.25) is 0 Å². The fourth-order valence-corrected chi connectivity index (χ4v) is 1.73. The minimum Gasteiger partial charge on any atom is -0.493 e. The van der Waals surface area contributed by atoms with Crippen LogP contribution in [0.4, 0.5) is 0 Å². The van der Waals surface area contributed by atoms with Gasteiger partial charge in [0.2, 0.25) is 0 Å². The van der Waals surface area contributed by atoms with Crippen molar-refractivity contribution in [3.8, 4) is 11.5 Å². The summed E-state index contributed by atoms with van der Waals surface area (Å²) in [6.45, 7) is 3.90. The number of hydrogen-bond acceptors (Lipinski definition) is 3. The van der Waals surface area contributed by atoms with Crippen molar-refractivity contribution in [1.82, 2.24) is 0 Å². The molecular formula is C14H18O4. The van der Waals surface area contributed by atoms with Crippen molar-refractivity contribution in [1.29, 1.82) is 0 Å².